The third-order valence-corrected chi connectivity index (χ3v) is 4.91. The molecule has 0 aliphatic heterocycles. The average molecular weight is 406 g/mol. The number of thiophene rings is 1. The van der Waals surface area contributed by atoms with Crippen LogP contribution in [0.1, 0.15) is 12.6 Å². The Morgan fingerprint density at radius 2 is 1.97 bits per heavy atom. The van der Waals surface area contributed by atoms with Crippen molar-refractivity contribution in [2.45, 2.75) is 13.3 Å². The zero-order valence-corrected chi connectivity index (χ0v) is 16.4. The number of aryl methyl sites for hydroxylation is 1. The largest absolute Gasteiger partial charge is 0.325 e. The van der Waals surface area contributed by atoms with Crippen molar-refractivity contribution in [3.8, 4) is 17.2 Å². The Morgan fingerprint density at radius 1 is 1.14 bits per heavy atom. The molecule has 0 aliphatic carbocycles. The van der Waals surface area contributed by atoms with Gasteiger partial charge in [0.1, 0.15) is 5.82 Å². The minimum atomic E-state index is -0.415. The molecule has 0 unspecified atom stereocenters. The first-order chi connectivity index (χ1) is 14.1. The Balaban J connectivity index is 1.74. The Labute approximate surface area is 170 Å². The van der Waals surface area contributed by atoms with E-state index in [1.165, 1.54) is 22.1 Å². The lowest BCUT2D eigenvalue weighted by Gasteiger charge is -2.09. The van der Waals surface area contributed by atoms with Gasteiger partial charge < -0.3 is 0 Å². The van der Waals surface area contributed by atoms with E-state index in [9.17, 15) is 9.59 Å². The first kappa shape index (κ1) is 18.6. The van der Waals surface area contributed by atoms with Gasteiger partial charge in [-0.05, 0) is 23.9 Å². The lowest BCUT2D eigenvalue weighted by molar-refractivity contribution is 0.262. The van der Waals surface area contributed by atoms with Gasteiger partial charge >= 0.3 is 6.03 Å². The molecule has 9 heteroatoms. The summed E-state index contributed by atoms with van der Waals surface area (Å²) in [5, 5.41) is 12.7. The molecular formula is C20H18N6O2S. The third kappa shape index (κ3) is 4.25. The highest BCUT2D eigenvalue weighted by Crippen LogP contribution is 2.24. The van der Waals surface area contributed by atoms with Crippen molar-refractivity contribution in [2.24, 2.45) is 0 Å². The number of H-pyrrole nitrogens is 1. The van der Waals surface area contributed by atoms with Crippen LogP contribution in [0.15, 0.2) is 64.8 Å². The molecule has 8 nitrogen and oxygen atoms in total. The molecule has 3 aromatic heterocycles. The molecule has 3 N–H and O–H groups in total. The van der Waals surface area contributed by atoms with Gasteiger partial charge in [0.25, 0.3) is 5.56 Å². The summed E-state index contributed by atoms with van der Waals surface area (Å²) < 4.78 is 1.43. The van der Waals surface area contributed by atoms with Gasteiger partial charge in [-0.15, -0.1) is 11.3 Å². The molecule has 0 bridgehead atoms. The Bertz CT molecular complexity index is 1180. The van der Waals surface area contributed by atoms with Crippen molar-refractivity contribution >= 4 is 28.2 Å². The van der Waals surface area contributed by atoms with Gasteiger partial charge in [-0.1, -0.05) is 37.3 Å². The topological polar surface area (TPSA) is 105 Å². The second-order valence-corrected chi connectivity index (χ2v) is 7.11. The highest BCUT2D eigenvalue weighted by molar-refractivity contribution is 7.14. The fourth-order valence-corrected chi connectivity index (χ4v) is 3.38. The molecule has 0 radical (unpaired) electrons. The third-order valence-electron chi connectivity index (χ3n) is 4.12. The minimum absolute atomic E-state index is 0.239. The number of aromatic nitrogens is 4. The lowest BCUT2D eigenvalue weighted by atomic mass is 10.2. The first-order valence-electron chi connectivity index (χ1n) is 9.00. The van der Waals surface area contributed by atoms with Crippen LogP contribution in [0.5, 0.6) is 0 Å². The van der Waals surface area contributed by atoms with Crippen molar-refractivity contribution in [1.29, 1.82) is 0 Å². The summed E-state index contributed by atoms with van der Waals surface area (Å²) in [6.07, 6.45) is 0.603. The maximum absolute atomic E-state index is 12.5. The van der Waals surface area contributed by atoms with Crippen LogP contribution in [-0.4, -0.2) is 25.8 Å². The van der Waals surface area contributed by atoms with Crippen LogP contribution in [0, 0.1) is 0 Å². The Kier molecular flexibility index (Phi) is 5.21. The molecule has 2 amide bonds. The highest BCUT2D eigenvalue weighted by atomic mass is 32.1. The standard InChI is InChI=1S/C20H18N6O2S/c1-2-14-11-17(27)23-19(21-14)26-16(22-20(28)24-18-9-6-10-29-18)12-15(25-26)13-7-4-3-5-8-13/h3-12H,2H2,1H3,(H,21,23,27)(H2,22,24,28). The van der Waals surface area contributed by atoms with Gasteiger partial charge in [-0.2, -0.15) is 9.78 Å². The fraction of sp³-hybridized carbons (Fsp3) is 0.100. The lowest BCUT2D eigenvalue weighted by Crippen LogP contribution is -2.22. The number of amides is 2. The normalized spacial score (nSPS) is 10.7. The number of urea groups is 1. The number of carbonyl (C=O) groups excluding carboxylic acids is 1. The molecule has 4 aromatic rings. The highest BCUT2D eigenvalue weighted by Gasteiger charge is 2.16. The van der Waals surface area contributed by atoms with Crippen LogP contribution in [0.25, 0.3) is 17.2 Å². The van der Waals surface area contributed by atoms with E-state index in [-0.39, 0.29) is 11.5 Å². The molecular weight excluding hydrogens is 388 g/mol. The summed E-state index contributed by atoms with van der Waals surface area (Å²) in [7, 11) is 0. The number of hydrogen-bond acceptors (Lipinski definition) is 5. The number of rotatable bonds is 5. The molecule has 0 saturated heterocycles. The van der Waals surface area contributed by atoms with Crippen molar-refractivity contribution in [2.75, 3.05) is 10.6 Å². The summed E-state index contributed by atoms with van der Waals surface area (Å²) >= 11 is 1.42. The van der Waals surface area contributed by atoms with E-state index in [1.54, 1.807) is 12.1 Å². The van der Waals surface area contributed by atoms with E-state index in [0.717, 1.165) is 10.6 Å². The van der Waals surface area contributed by atoms with E-state index < -0.39 is 6.03 Å². The Morgan fingerprint density at radius 3 is 2.69 bits per heavy atom. The molecule has 0 saturated carbocycles. The average Bonchev–Trinajstić information content (AvgIpc) is 3.38. The van der Waals surface area contributed by atoms with Gasteiger partial charge in [-0.3, -0.25) is 20.4 Å². The van der Waals surface area contributed by atoms with Crippen LogP contribution in [0.3, 0.4) is 0 Å². The van der Waals surface area contributed by atoms with E-state index in [4.69, 9.17) is 0 Å². The minimum Gasteiger partial charge on any atom is -0.299 e. The van der Waals surface area contributed by atoms with Gasteiger partial charge in [0.2, 0.25) is 5.95 Å². The number of aromatic amines is 1. The molecule has 0 aliphatic rings. The summed E-state index contributed by atoms with van der Waals surface area (Å²) in [6, 6.07) is 16.0. The molecule has 146 valence electrons. The van der Waals surface area contributed by atoms with Gasteiger partial charge in [-0.25, -0.2) is 9.78 Å². The van der Waals surface area contributed by atoms with Crippen molar-refractivity contribution in [1.82, 2.24) is 19.7 Å². The number of nitrogens with zero attached hydrogens (tertiary/aromatic N) is 3. The van der Waals surface area contributed by atoms with E-state index in [1.807, 2.05) is 48.7 Å². The van der Waals surface area contributed by atoms with Crippen molar-refractivity contribution < 1.29 is 4.79 Å². The molecule has 0 atom stereocenters. The van der Waals surface area contributed by atoms with Crippen LogP contribution < -0.4 is 16.2 Å². The summed E-state index contributed by atoms with van der Waals surface area (Å²) in [5.74, 6) is 0.622. The van der Waals surface area contributed by atoms with Gasteiger partial charge in [0.15, 0.2) is 0 Å². The monoisotopic (exact) mass is 406 g/mol. The zero-order valence-electron chi connectivity index (χ0n) is 15.5. The van der Waals surface area contributed by atoms with E-state index in [0.29, 0.717) is 23.6 Å². The number of anilines is 2. The number of benzene rings is 1. The number of nitrogens with one attached hydrogen (secondary N) is 3. The zero-order chi connectivity index (χ0) is 20.2. The second kappa shape index (κ2) is 8.11. The predicted molar refractivity (Wildman–Crippen MR) is 114 cm³/mol. The van der Waals surface area contributed by atoms with E-state index in [2.05, 4.69) is 25.7 Å². The predicted octanol–water partition coefficient (Wildman–Crippen LogP) is 3.89. The summed E-state index contributed by atoms with van der Waals surface area (Å²) in [6.45, 7) is 1.91. The van der Waals surface area contributed by atoms with Crippen LogP contribution in [-0.2, 0) is 6.42 Å². The van der Waals surface area contributed by atoms with Crippen molar-refractivity contribution in [3.63, 3.8) is 0 Å². The van der Waals surface area contributed by atoms with Gasteiger partial charge in [0.05, 0.1) is 10.7 Å². The SMILES string of the molecule is CCc1cc(=O)[nH]c(-n2nc(-c3ccccc3)cc2NC(=O)Nc2cccs2)n1. The molecule has 0 fully saturated rings. The van der Waals surface area contributed by atoms with Crippen molar-refractivity contribution in [3.05, 3.63) is 76.0 Å². The maximum Gasteiger partial charge on any atom is 0.325 e. The smallest absolute Gasteiger partial charge is 0.299 e. The van der Waals surface area contributed by atoms with Crippen LogP contribution in [0.4, 0.5) is 15.6 Å². The molecule has 1 aromatic carbocycles. The molecule has 29 heavy (non-hydrogen) atoms. The van der Waals surface area contributed by atoms with E-state index >= 15 is 0 Å². The number of hydrogen-bond donors (Lipinski definition) is 3. The fourth-order valence-electron chi connectivity index (χ4n) is 2.77. The molecule has 0 spiro atoms. The Hall–Kier alpha value is -3.72. The second-order valence-electron chi connectivity index (χ2n) is 6.16. The molecule has 3 heterocycles. The summed E-state index contributed by atoms with van der Waals surface area (Å²) in [4.78, 5) is 31.6. The maximum atomic E-state index is 12.5. The van der Waals surface area contributed by atoms with Gasteiger partial charge in [0, 0.05) is 23.4 Å². The quantitative estimate of drug-likeness (QED) is 0.468. The molecule has 4 rings (SSSR count). The van der Waals surface area contributed by atoms with Crippen LogP contribution >= 0.6 is 11.3 Å². The summed E-state index contributed by atoms with van der Waals surface area (Å²) in [5.41, 5.74) is 1.87. The first-order valence-corrected chi connectivity index (χ1v) is 9.88. The van der Waals surface area contributed by atoms with Crippen LogP contribution in [0.2, 0.25) is 0 Å². The number of carbonyl (C=O) groups is 1.